The molecule has 6 nitrogen and oxygen atoms in total. The van der Waals surface area contributed by atoms with Gasteiger partial charge in [0.25, 0.3) is 5.69 Å². The SMILES string of the molecule is C.C[C@@]1(c2cc(N)ccc2F)CC[C@@](F)(CF)C(=S)N1.C[C@@]1(c2cc([N+](=O)[O-])ccc2F)CC[C@@](F)(CF)C(=S)N1. The number of alkyl halides is 4. The molecule has 4 rings (SSSR count). The first-order valence-electron chi connectivity index (χ1n) is 12.2. The molecule has 0 unspecified atom stereocenters. The molecule has 2 heterocycles. The van der Waals surface area contributed by atoms with Gasteiger partial charge in [-0.2, -0.15) is 0 Å². The van der Waals surface area contributed by atoms with Crippen LogP contribution in [0.1, 0.15) is 58.1 Å². The van der Waals surface area contributed by atoms with E-state index in [1.54, 1.807) is 13.8 Å². The van der Waals surface area contributed by atoms with E-state index in [1.807, 2.05) is 0 Å². The number of nitrogens with one attached hydrogen (secondary N) is 2. The number of anilines is 1. The van der Waals surface area contributed by atoms with Gasteiger partial charge in [-0.05, 0) is 63.8 Å². The van der Waals surface area contributed by atoms with Gasteiger partial charge < -0.3 is 16.4 Å². The van der Waals surface area contributed by atoms with Crippen molar-refractivity contribution < 1.29 is 31.3 Å². The number of nitrogens with zero attached hydrogens (tertiary/aromatic N) is 1. The summed E-state index contributed by atoms with van der Waals surface area (Å²) in [4.78, 5) is 9.59. The van der Waals surface area contributed by atoms with Gasteiger partial charge in [-0.3, -0.25) is 10.1 Å². The highest BCUT2D eigenvalue weighted by Crippen LogP contribution is 2.40. The Morgan fingerprint density at radius 1 is 0.854 bits per heavy atom. The van der Waals surface area contributed by atoms with Gasteiger partial charge in [0.1, 0.15) is 35.0 Å². The number of thiocarbonyl (C=S) groups is 2. The third kappa shape index (κ3) is 6.91. The molecular formula is C27H32F6N4O2S2. The van der Waals surface area contributed by atoms with Crippen LogP contribution < -0.4 is 16.4 Å². The molecule has 2 aliphatic rings. The molecule has 0 radical (unpaired) electrons. The van der Waals surface area contributed by atoms with Crippen molar-refractivity contribution >= 4 is 45.8 Å². The predicted molar refractivity (Wildman–Crippen MR) is 155 cm³/mol. The summed E-state index contributed by atoms with van der Waals surface area (Å²) in [7, 11) is 0. The molecule has 4 atom stereocenters. The lowest BCUT2D eigenvalue weighted by Gasteiger charge is -2.42. The molecule has 0 aliphatic carbocycles. The number of rotatable bonds is 5. The predicted octanol–water partition coefficient (Wildman–Crippen LogP) is 6.99. The monoisotopic (exact) mass is 622 g/mol. The van der Waals surface area contributed by atoms with Crippen molar-refractivity contribution in [2.75, 3.05) is 19.1 Å². The molecule has 226 valence electrons. The molecule has 0 saturated carbocycles. The number of hydrogen-bond acceptors (Lipinski definition) is 5. The maximum Gasteiger partial charge on any atom is 0.269 e. The number of piperidine rings is 2. The fourth-order valence-corrected chi connectivity index (χ4v) is 5.41. The highest BCUT2D eigenvalue weighted by atomic mass is 32.1. The van der Waals surface area contributed by atoms with Crippen molar-refractivity contribution in [2.45, 2.75) is 69.4 Å². The first-order valence-corrected chi connectivity index (χ1v) is 13.0. The van der Waals surface area contributed by atoms with Crippen molar-refractivity contribution in [1.82, 2.24) is 10.6 Å². The Morgan fingerprint density at radius 3 is 1.66 bits per heavy atom. The second-order valence-electron chi connectivity index (χ2n) is 10.4. The van der Waals surface area contributed by atoms with Crippen LogP contribution in [-0.4, -0.2) is 39.6 Å². The standard InChI is InChI=1S/C13H13F3N2O2S.C13H15F3N2S.CH4/c1-12(4-5-13(16,7-14)11(21)17-12)9-6-8(18(19)20)2-3-10(9)15;1-12(9-6-8(17)2-3-10(9)15)4-5-13(16,7-14)11(19)18-12;/h2-3,6H,4-5,7H2,1H3,(H,17,21);2-3,6H,4-5,7,17H2,1H3,(H,18,19);1H4/t2*12-,13+;/m00./s1. The van der Waals surface area contributed by atoms with Crippen molar-refractivity contribution in [2.24, 2.45) is 0 Å². The largest absolute Gasteiger partial charge is 0.399 e. The van der Waals surface area contributed by atoms with Crippen LogP contribution in [0, 0.1) is 21.7 Å². The van der Waals surface area contributed by atoms with E-state index in [1.165, 1.54) is 18.2 Å². The van der Waals surface area contributed by atoms with Gasteiger partial charge in [0, 0.05) is 28.9 Å². The van der Waals surface area contributed by atoms with Gasteiger partial charge in [-0.15, -0.1) is 0 Å². The fraction of sp³-hybridized carbons (Fsp3) is 0.481. The third-order valence-electron chi connectivity index (χ3n) is 7.40. The first kappa shape index (κ1) is 34.2. The minimum absolute atomic E-state index is 0. The number of halogens is 6. The minimum Gasteiger partial charge on any atom is -0.399 e. The van der Waals surface area contributed by atoms with E-state index in [0.29, 0.717) is 11.3 Å². The van der Waals surface area contributed by atoms with Gasteiger partial charge in [0.2, 0.25) is 0 Å². The molecule has 4 N–H and O–H groups in total. The summed E-state index contributed by atoms with van der Waals surface area (Å²) in [5, 5.41) is 16.1. The topological polar surface area (TPSA) is 93.2 Å². The average Bonchev–Trinajstić information content (AvgIpc) is 2.91. The van der Waals surface area contributed by atoms with Crippen molar-refractivity contribution in [3.8, 4) is 0 Å². The van der Waals surface area contributed by atoms with Crippen LogP contribution in [0.15, 0.2) is 36.4 Å². The molecule has 2 saturated heterocycles. The molecule has 0 bridgehead atoms. The number of nitrogen functional groups attached to an aromatic ring is 1. The number of non-ortho nitro benzene ring substituents is 1. The maximum atomic E-state index is 14.1. The molecule has 0 aromatic heterocycles. The number of benzene rings is 2. The summed E-state index contributed by atoms with van der Waals surface area (Å²) in [6, 6.07) is 7.31. The van der Waals surface area contributed by atoms with Crippen LogP contribution in [0.3, 0.4) is 0 Å². The number of nitro benzene ring substituents is 1. The van der Waals surface area contributed by atoms with E-state index in [4.69, 9.17) is 30.2 Å². The van der Waals surface area contributed by atoms with Crippen LogP contribution in [0.4, 0.5) is 37.7 Å². The normalized spacial score (nSPS) is 29.3. The lowest BCUT2D eigenvalue weighted by molar-refractivity contribution is -0.385. The second-order valence-corrected chi connectivity index (χ2v) is 11.2. The molecular weight excluding hydrogens is 590 g/mol. The van der Waals surface area contributed by atoms with Crippen molar-refractivity contribution in [1.29, 1.82) is 0 Å². The highest BCUT2D eigenvalue weighted by Gasteiger charge is 2.47. The van der Waals surface area contributed by atoms with E-state index in [9.17, 15) is 36.5 Å². The Morgan fingerprint density at radius 2 is 1.27 bits per heavy atom. The van der Waals surface area contributed by atoms with Gasteiger partial charge in [-0.25, -0.2) is 26.3 Å². The zero-order chi connectivity index (χ0) is 30.1. The summed E-state index contributed by atoms with van der Waals surface area (Å²) in [6.45, 7) is 0.828. The summed E-state index contributed by atoms with van der Waals surface area (Å²) in [6.07, 6.45) is -0.00633. The molecule has 2 fully saturated rings. The Kier molecular flexibility index (Phi) is 10.4. The van der Waals surface area contributed by atoms with Crippen molar-refractivity contribution in [3.63, 3.8) is 0 Å². The third-order valence-corrected chi connectivity index (χ3v) is 8.33. The van der Waals surface area contributed by atoms with Gasteiger partial charge in [0.15, 0.2) is 11.3 Å². The molecule has 41 heavy (non-hydrogen) atoms. The number of nitrogens with two attached hydrogens (primary N) is 1. The summed E-state index contributed by atoms with van der Waals surface area (Å²) in [5.41, 5.74) is -0.282. The number of nitro groups is 1. The highest BCUT2D eigenvalue weighted by molar-refractivity contribution is 7.80. The van der Waals surface area contributed by atoms with E-state index < -0.39 is 52.3 Å². The molecule has 2 aliphatic heterocycles. The van der Waals surface area contributed by atoms with E-state index in [-0.39, 0.29) is 54.3 Å². The molecule has 0 amide bonds. The van der Waals surface area contributed by atoms with Crippen LogP contribution in [0.25, 0.3) is 0 Å². The maximum absolute atomic E-state index is 14.1. The second kappa shape index (κ2) is 12.5. The van der Waals surface area contributed by atoms with Crippen LogP contribution in [-0.2, 0) is 11.1 Å². The smallest absolute Gasteiger partial charge is 0.269 e. The van der Waals surface area contributed by atoms with Gasteiger partial charge in [-0.1, -0.05) is 31.9 Å². The fourth-order valence-electron chi connectivity index (χ4n) is 4.65. The Hall–Kier alpha value is -3.00. The zero-order valence-electron chi connectivity index (χ0n) is 21.6. The molecule has 14 heteroatoms. The summed E-state index contributed by atoms with van der Waals surface area (Å²) < 4.78 is 81.5. The molecule has 0 spiro atoms. The van der Waals surface area contributed by atoms with Gasteiger partial charge in [0.05, 0.1) is 16.0 Å². The lowest BCUT2D eigenvalue weighted by Crippen LogP contribution is -2.57. The van der Waals surface area contributed by atoms with Crippen LogP contribution in [0.5, 0.6) is 0 Å². The van der Waals surface area contributed by atoms with Crippen LogP contribution in [0.2, 0.25) is 0 Å². The Balaban J connectivity index is 0.000000281. The number of hydrogen-bond donors (Lipinski definition) is 3. The average molecular weight is 623 g/mol. The lowest BCUT2D eigenvalue weighted by atomic mass is 9.79. The van der Waals surface area contributed by atoms with Gasteiger partial charge >= 0.3 is 0 Å². The van der Waals surface area contributed by atoms with E-state index in [2.05, 4.69) is 10.6 Å². The van der Waals surface area contributed by atoms with E-state index in [0.717, 1.165) is 18.2 Å². The zero-order valence-corrected chi connectivity index (χ0v) is 23.3. The van der Waals surface area contributed by atoms with Crippen molar-refractivity contribution in [3.05, 3.63) is 69.3 Å². The Bertz CT molecular complexity index is 1340. The first-order chi connectivity index (χ1) is 18.5. The quantitative estimate of drug-likeness (QED) is 0.109. The molecule has 2 aromatic rings. The summed E-state index contributed by atoms with van der Waals surface area (Å²) >= 11 is 9.72. The Labute approximate surface area is 245 Å². The van der Waals surface area contributed by atoms with Crippen LogP contribution >= 0.6 is 24.4 Å². The molecule has 2 aromatic carbocycles. The van der Waals surface area contributed by atoms with E-state index >= 15 is 0 Å². The minimum atomic E-state index is -2.26. The summed E-state index contributed by atoms with van der Waals surface area (Å²) in [5.74, 6) is -1.11.